The summed E-state index contributed by atoms with van der Waals surface area (Å²) in [6, 6.07) is 3.28. The SMILES string of the molecule is COC1(c2ccc3c(N)ncnn23)O[C@H](CO)[C@@H](O)[C@@]1(C)N=[N+]=[N-]. The number of hydrogen-bond acceptors (Lipinski definition) is 8. The van der Waals surface area contributed by atoms with Crippen LogP contribution in [0.3, 0.4) is 0 Å². The maximum Gasteiger partial charge on any atom is 0.226 e. The highest BCUT2D eigenvalue weighted by Gasteiger charge is 2.65. The van der Waals surface area contributed by atoms with Crippen molar-refractivity contribution in [2.75, 3.05) is 19.5 Å². The number of nitrogens with two attached hydrogens (primary N) is 1. The highest BCUT2D eigenvalue weighted by atomic mass is 16.7. The zero-order chi connectivity index (χ0) is 17.5. The standard InChI is InChI=1S/C13H17N7O4/c1-12(18-19-15)10(22)8(5-21)24-13(12,23-2)9-4-3-7-11(14)16-6-17-20(7)9/h3-4,6,8,10,21-22H,5H2,1-2H3,(H2,14,16,17)/t8-,10-,12-,13?/m1/s1. The Morgan fingerprint density at radius 2 is 2.33 bits per heavy atom. The fraction of sp³-hybridized carbons (Fsp3) is 0.538. The number of azide groups is 1. The smallest absolute Gasteiger partial charge is 0.226 e. The third-order valence-corrected chi connectivity index (χ3v) is 4.45. The summed E-state index contributed by atoms with van der Waals surface area (Å²) in [6.07, 6.45) is -1.05. The normalized spacial score (nSPS) is 32.8. The monoisotopic (exact) mass is 335 g/mol. The molecule has 1 unspecified atom stereocenters. The molecular weight excluding hydrogens is 318 g/mol. The first-order valence-electron chi connectivity index (χ1n) is 7.12. The van der Waals surface area contributed by atoms with E-state index in [1.807, 2.05) is 0 Å². The van der Waals surface area contributed by atoms with Crippen LogP contribution in [0.25, 0.3) is 16.0 Å². The number of hydrogen-bond donors (Lipinski definition) is 3. The Morgan fingerprint density at radius 1 is 1.58 bits per heavy atom. The molecule has 11 nitrogen and oxygen atoms in total. The van der Waals surface area contributed by atoms with Crippen molar-refractivity contribution in [3.05, 3.63) is 34.6 Å². The number of nitrogen functional groups attached to an aromatic ring is 1. The van der Waals surface area contributed by atoms with Gasteiger partial charge >= 0.3 is 0 Å². The summed E-state index contributed by atoms with van der Waals surface area (Å²) in [7, 11) is 1.35. The maximum atomic E-state index is 10.5. The minimum absolute atomic E-state index is 0.241. The van der Waals surface area contributed by atoms with Crippen LogP contribution in [0.5, 0.6) is 0 Å². The van der Waals surface area contributed by atoms with E-state index in [1.165, 1.54) is 24.9 Å². The van der Waals surface area contributed by atoms with E-state index in [0.717, 1.165) is 0 Å². The van der Waals surface area contributed by atoms with Crippen LogP contribution in [-0.2, 0) is 15.3 Å². The van der Waals surface area contributed by atoms with E-state index < -0.39 is 30.1 Å². The van der Waals surface area contributed by atoms with Gasteiger partial charge in [0.05, 0.1) is 12.7 Å². The van der Waals surface area contributed by atoms with Gasteiger partial charge in [0, 0.05) is 12.0 Å². The number of ether oxygens (including phenoxy) is 2. The van der Waals surface area contributed by atoms with Gasteiger partial charge in [-0.2, -0.15) is 5.10 Å². The molecule has 0 aliphatic carbocycles. The predicted molar refractivity (Wildman–Crippen MR) is 81.6 cm³/mol. The summed E-state index contributed by atoms with van der Waals surface area (Å²) in [6.45, 7) is 1.00. The van der Waals surface area contributed by atoms with Crippen molar-refractivity contribution in [3.8, 4) is 0 Å². The average Bonchev–Trinajstić information content (AvgIpc) is 3.09. The Labute approximate surface area is 136 Å². The highest BCUT2D eigenvalue weighted by Crippen LogP contribution is 2.50. The van der Waals surface area contributed by atoms with Crippen LogP contribution >= 0.6 is 0 Å². The lowest BCUT2D eigenvalue weighted by atomic mass is 9.85. The average molecular weight is 335 g/mol. The third-order valence-electron chi connectivity index (χ3n) is 4.45. The van der Waals surface area contributed by atoms with Crippen molar-refractivity contribution in [1.82, 2.24) is 14.6 Å². The Morgan fingerprint density at radius 3 is 2.96 bits per heavy atom. The van der Waals surface area contributed by atoms with E-state index in [9.17, 15) is 10.2 Å². The second-order valence-corrected chi connectivity index (χ2v) is 5.60. The molecule has 4 N–H and O–H groups in total. The lowest BCUT2D eigenvalue weighted by Gasteiger charge is -2.38. The number of methoxy groups -OCH3 is 1. The van der Waals surface area contributed by atoms with Crippen LogP contribution in [0.1, 0.15) is 12.6 Å². The van der Waals surface area contributed by atoms with E-state index in [2.05, 4.69) is 20.1 Å². The van der Waals surface area contributed by atoms with Crippen molar-refractivity contribution >= 4 is 11.3 Å². The van der Waals surface area contributed by atoms with E-state index in [0.29, 0.717) is 11.2 Å². The molecule has 1 fully saturated rings. The van der Waals surface area contributed by atoms with Gasteiger partial charge in [-0.05, 0) is 24.6 Å². The maximum absolute atomic E-state index is 10.5. The molecule has 3 rings (SSSR count). The zero-order valence-electron chi connectivity index (χ0n) is 13.1. The molecule has 0 spiro atoms. The molecule has 24 heavy (non-hydrogen) atoms. The van der Waals surface area contributed by atoms with Gasteiger partial charge in [-0.3, -0.25) is 0 Å². The number of anilines is 1. The van der Waals surface area contributed by atoms with Crippen LogP contribution < -0.4 is 5.73 Å². The van der Waals surface area contributed by atoms with Crippen molar-refractivity contribution < 1.29 is 19.7 Å². The summed E-state index contributed by atoms with van der Waals surface area (Å²) < 4.78 is 12.8. The van der Waals surface area contributed by atoms with Crippen molar-refractivity contribution in [1.29, 1.82) is 0 Å². The number of aliphatic hydroxyl groups excluding tert-OH is 2. The molecule has 0 saturated carbocycles. The minimum atomic E-state index is -1.68. The Bertz CT molecular complexity index is 820. The summed E-state index contributed by atoms with van der Waals surface area (Å²) in [4.78, 5) is 6.72. The van der Waals surface area contributed by atoms with E-state index in [4.69, 9.17) is 20.7 Å². The molecule has 1 saturated heterocycles. The van der Waals surface area contributed by atoms with Crippen LogP contribution in [0.4, 0.5) is 5.82 Å². The lowest BCUT2D eigenvalue weighted by molar-refractivity contribution is -0.249. The molecule has 4 atom stereocenters. The van der Waals surface area contributed by atoms with Crippen LogP contribution in [-0.4, -0.2) is 56.3 Å². The van der Waals surface area contributed by atoms with Gasteiger partial charge in [-0.15, -0.1) is 0 Å². The second-order valence-electron chi connectivity index (χ2n) is 5.60. The molecule has 1 aliphatic rings. The summed E-state index contributed by atoms with van der Waals surface area (Å²) >= 11 is 0. The van der Waals surface area contributed by atoms with Crippen LogP contribution in [0.15, 0.2) is 23.6 Å². The van der Waals surface area contributed by atoms with Gasteiger partial charge in [-0.1, -0.05) is 5.11 Å². The number of aliphatic hydroxyl groups is 2. The van der Waals surface area contributed by atoms with Gasteiger partial charge < -0.3 is 25.4 Å². The van der Waals surface area contributed by atoms with E-state index in [1.54, 1.807) is 12.1 Å². The summed E-state index contributed by atoms with van der Waals surface area (Å²) in [5.74, 6) is -1.44. The van der Waals surface area contributed by atoms with Gasteiger partial charge in [-0.25, -0.2) is 9.50 Å². The first-order valence-corrected chi connectivity index (χ1v) is 7.12. The molecule has 2 aromatic rings. The third kappa shape index (κ3) is 1.90. The highest BCUT2D eigenvalue weighted by molar-refractivity contribution is 5.65. The molecule has 3 heterocycles. The molecule has 11 heteroatoms. The lowest BCUT2D eigenvalue weighted by Crippen LogP contribution is -2.52. The van der Waals surface area contributed by atoms with Gasteiger partial charge in [0.25, 0.3) is 0 Å². The van der Waals surface area contributed by atoms with Crippen LogP contribution in [0.2, 0.25) is 0 Å². The fourth-order valence-electron chi connectivity index (χ4n) is 3.19. The topological polar surface area (TPSA) is 164 Å². The van der Waals surface area contributed by atoms with Crippen molar-refractivity contribution in [3.63, 3.8) is 0 Å². The Balaban J connectivity index is 2.30. The molecular formula is C13H17N7O4. The predicted octanol–water partition coefficient (Wildman–Crippen LogP) is -0.0683. The number of fused-ring (bicyclic) bond motifs is 1. The van der Waals surface area contributed by atoms with Crippen molar-refractivity contribution in [2.24, 2.45) is 5.11 Å². The quantitative estimate of drug-likeness (QED) is 0.400. The molecule has 2 aromatic heterocycles. The first-order chi connectivity index (χ1) is 11.4. The van der Waals surface area contributed by atoms with Crippen LogP contribution in [0, 0.1) is 0 Å². The Hall–Kier alpha value is -2.43. The molecule has 0 amide bonds. The summed E-state index contributed by atoms with van der Waals surface area (Å²) in [5.41, 5.74) is 14.1. The van der Waals surface area contributed by atoms with Gasteiger partial charge in [0.1, 0.15) is 29.2 Å². The largest absolute Gasteiger partial charge is 0.394 e. The first kappa shape index (κ1) is 16.4. The fourth-order valence-corrected chi connectivity index (χ4v) is 3.19. The molecule has 128 valence electrons. The van der Waals surface area contributed by atoms with E-state index >= 15 is 0 Å². The van der Waals surface area contributed by atoms with Crippen molar-refractivity contribution in [2.45, 2.75) is 30.5 Å². The minimum Gasteiger partial charge on any atom is -0.394 e. The summed E-state index contributed by atoms with van der Waals surface area (Å²) in [5, 5.41) is 27.9. The molecule has 0 aromatic carbocycles. The zero-order valence-corrected chi connectivity index (χ0v) is 13.1. The van der Waals surface area contributed by atoms with Gasteiger partial charge in [0.15, 0.2) is 5.82 Å². The molecule has 0 bridgehead atoms. The second kappa shape index (κ2) is 5.58. The number of rotatable bonds is 4. The molecule has 1 aliphatic heterocycles. The number of nitrogens with zero attached hydrogens (tertiary/aromatic N) is 6. The van der Waals surface area contributed by atoms with Gasteiger partial charge in [0.2, 0.25) is 5.79 Å². The molecule has 0 radical (unpaired) electrons. The van der Waals surface area contributed by atoms with E-state index in [-0.39, 0.29) is 5.82 Å². The number of aromatic nitrogens is 3. The Kier molecular flexibility index (Phi) is 3.82.